The largest absolute Gasteiger partial charge is 0.469 e. The number of benzene rings is 1. The van der Waals surface area contributed by atoms with Crippen molar-refractivity contribution in [1.82, 2.24) is 0 Å². The molecule has 2 N–H and O–H groups in total. The lowest BCUT2D eigenvalue weighted by Gasteiger charge is -2.33. The van der Waals surface area contributed by atoms with Crippen LogP contribution in [0.15, 0.2) is 63.8 Å². The van der Waals surface area contributed by atoms with Gasteiger partial charge in [-0.25, -0.2) is 8.78 Å². The van der Waals surface area contributed by atoms with Crippen LogP contribution in [0, 0.1) is 23.0 Å². The fourth-order valence-electron chi connectivity index (χ4n) is 3.68. The number of nitriles is 1. The smallest absolute Gasteiger partial charge is 0.205 e. The van der Waals surface area contributed by atoms with Crippen LogP contribution < -0.4 is 5.73 Å². The first-order valence-electron chi connectivity index (χ1n) is 8.31. The van der Waals surface area contributed by atoms with Crippen LogP contribution in [0.5, 0.6) is 0 Å². The number of ether oxygens (including phenoxy) is 1. The molecule has 4 rings (SSSR count). The number of rotatable bonds is 2. The van der Waals surface area contributed by atoms with E-state index in [4.69, 9.17) is 14.9 Å². The first-order chi connectivity index (χ1) is 13.0. The molecule has 0 bridgehead atoms. The van der Waals surface area contributed by atoms with Gasteiger partial charge in [-0.2, -0.15) is 5.26 Å². The summed E-state index contributed by atoms with van der Waals surface area (Å²) in [7, 11) is 0. The van der Waals surface area contributed by atoms with E-state index in [1.54, 1.807) is 12.1 Å². The van der Waals surface area contributed by atoms with Crippen molar-refractivity contribution in [3.05, 3.63) is 82.3 Å². The summed E-state index contributed by atoms with van der Waals surface area (Å²) in [6, 6.07) is 8.42. The molecule has 0 saturated carbocycles. The van der Waals surface area contributed by atoms with Gasteiger partial charge in [-0.3, -0.25) is 4.79 Å². The molecule has 7 heteroatoms. The number of furan rings is 1. The highest BCUT2D eigenvalue weighted by Gasteiger charge is 2.42. The zero-order valence-electron chi connectivity index (χ0n) is 14.0. The van der Waals surface area contributed by atoms with Crippen molar-refractivity contribution in [2.75, 3.05) is 0 Å². The zero-order valence-corrected chi connectivity index (χ0v) is 14.0. The van der Waals surface area contributed by atoms with Crippen LogP contribution in [0.4, 0.5) is 8.78 Å². The molecule has 2 heterocycles. The molecular weight excluding hydrogens is 354 g/mol. The Morgan fingerprint density at radius 1 is 1.22 bits per heavy atom. The van der Waals surface area contributed by atoms with E-state index in [9.17, 15) is 18.8 Å². The topological polar surface area (TPSA) is 89.3 Å². The second-order valence-corrected chi connectivity index (χ2v) is 6.47. The Morgan fingerprint density at radius 2 is 2.04 bits per heavy atom. The molecule has 1 aromatic carbocycles. The second-order valence-electron chi connectivity index (χ2n) is 6.47. The third-order valence-corrected chi connectivity index (χ3v) is 4.88. The van der Waals surface area contributed by atoms with E-state index in [0.717, 1.165) is 12.1 Å². The number of hydrogen-bond donors (Lipinski definition) is 1. The number of nitrogens with zero attached hydrogens (tertiary/aromatic N) is 1. The lowest BCUT2D eigenvalue weighted by Crippen LogP contribution is -2.30. The monoisotopic (exact) mass is 368 g/mol. The summed E-state index contributed by atoms with van der Waals surface area (Å²) in [6.07, 6.45) is 1.98. The molecular formula is C20H14F2N2O3. The summed E-state index contributed by atoms with van der Waals surface area (Å²) in [6.45, 7) is 0. The van der Waals surface area contributed by atoms with Gasteiger partial charge in [0.1, 0.15) is 34.8 Å². The third kappa shape index (κ3) is 2.79. The number of carbonyl (C=O) groups is 1. The Labute approximate surface area is 153 Å². The van der Waals surface area contributed by atoms with Crippen molar-refractivity contribution in [2.45, 2.75) is 24.7 Å². The first-order valence-corrected chi connectivity index (χ1v) is 8.31. The van der Waals surface area contributed by atoms with Gasteiger partial charge in [0, 0.05) is 36.0 Å². The maximum atomic E-state index is 14.5. The Morgan fingerprint density at radius 3 is 2.70 bits per heavy atom. The van der Waals surface area contributed by atoms with Crippen LogP contribution in [0.25, 0.3) is 0 Å². The molecule has 5 nitrogen and oxygen atoms in total. The van der Waals surface area contributed by atoms with E-state index >= 15 is 0 Å². The predicted octanol–water partition coefficient (Wildman–Crippen LogP) is 3.77. The van der Waals surface area contributed by atoms with Crippen molar-refractivity contribution in [1.29, 1.82) is 5.26 Å². The molecule has 136 valence electrons. The summed E-state index contributed by atoms with van der Waals surface area (Å²) in [5.41, 5.74) is 6.02. The van der Waals surface area contributed by atoms with Crippen LogP contribution in [-0.2, 0) is 9.53 Å². The first kappa shape index (κ1) is 17.0. The average Bonchev–Trinajstić information content (AvgIpc) is 3.15. The molecule has 27 heavy (non-hydrogen) atoms. The van der Waals surface area contributed by atoms with Crippen LogP contribution in [0.1, 0.15) is 36.0 Å². The molecule has 0 amide bonds. The van der Waals surface area contributed by atoms with E-state index in [-0.39, 0.29) is 46.5 Å². The SMILES string of the molecule is N#CC1=C(N)OC2=C(C(=O)C[C@H](c3ccco3)C2)[C@@H]1c1ccc(F)cc1F. The number of halogens is 2. The minimum absolute atomic E-state index is 0.0106. The molecule has 0 saturated heterocycles. The normalized spacial score (nSPS) is 22.3. The Balaban J connectivity index is 1.84. The lowest BCUT2D eigenvalue weighted by atomic mass is 9.74. The number of nitrogens with two attached hydrogens (primary N) is 1. The molecule has 1 aromatic heterocycles. The van der Waals surface area contributed by atoms with Gasteiger partial charge < -0.3 is 14.9 Å². The van der Waals surface area contributed by atoms with E-state index in [1.165, 1.54) is 12.3 Å². The van der Waals surface area contributed by atoms with Gasteiger partial charge in [0.15, 0.2) is 5.78 Å². The van der Waals surface area contributed by atoms with Crippen LogP contribution in [0.2, 0.25) is 0 Å². The van der Waals surface area contributed by atoms with Gasteiger partial charge in [-0.05, 0) is 18.2 Å². The highest BCUT2D eigenvalue weighted by atomic mass is 19.1. The van der Waals surface area contributed by atoms with Crippen molar-refractivity contribution in [3.8, 4) is 6.07 Å². The van der Waals surface area contributed by atoms with Crippen LogP contribution in [0.3, 0.4) is 0 Å². The van der Waals surface area contributed by atoms with E-state index in [0.29, 0.717) is 12.2 Å². The van der Waals surface area contributed by atoms with E-state index in [1.807, 2.05) is 6.07 Å². The maximum absolute atomic E-state index is 14.5. The number of allylic oxidation sites excluding steroid dienone is 3. The van der Waals surface area contributed by atoms with E-state index < -0.39 is 17.6 Å². The predicted molar refractivity (Wildman–Crippen MR) is 89.7 cm³/mol. The molecule has 1 aliphatic heterocycles. The van der Waals surface area contributed by atoms with Crippen molar-refractivity contribution in [2.24, 2.45) is 5.73 Å². The van der Waals surface area contributed by atoms with Crippen molar-refractivity contribution in [3.63, 3.8) is 0 Å². The highest BCUT2D eigenvalue weighted by molar-refractivity contribution is 6.00. The van der Waals surface area contributed by atoms with Gasteiger partial charge in [0.05, 0.1) is 12.2 Å². The molecule has 0 fully saturated rings. The van der Waals surface area contributed by atoms with Gasteiger partial charge in [0.25, 0.3) is 0 Å². The van der Waals surface area contributed by atoms with Gasteiger partial charge in [0.2, 0.25) is 5.88 Å². The summed E-state index contributed by atoms with van der Waals surface area (Å²) in [4.78, 5) is 12.9. The lowest BCUT2D eigenvalue weighted by molar-refractivity contribution is -0.117. The molecule has 0 unspecified atom stereocenters. The molecule has 1 aliphatic carbocycles. The van der Waals surface area contributed by atoms with Crippen molar-refractivity contribution < 1.29 is 22.7 Å². The molecule has 0 radical (unpaired) electrons. The second kappa shape index (κ2) is 6.40. The average molecular weight is 368 g/mol. The molecule has 2 aromatic rings. The minimum atomic E-state index is -1.02. The fourth-order valence-corrected chi connectivity index (χ4v) is 3.68. The molecule has 2 atom stereocenters. The number of ketones is 1. The summed E-state index contributed by atoms with van der Waals surface area (Å²) >= 11 is 0. The minimum Gasteiger partial charge on any atom is -0.469 e. The summed E-state index contributed by atoms with van der Waals surface area (Å²) in [5, 5.41) is 9.50. The third-order valence-electron chi connectivity index (χ3n) is 4.88. The summed E-state index contributed by atoms with van der Waals surface area (Å²) in [5.74, 6) is -2.40. The zero-order chi connectivity index (χ0) is 19.1. The number of carbonyl (C=O) groups excluding carboxylic acids is 1. The number of Topliss-reactive ketones (excluding diaryl/α,β-unsaturated/α-hetero) is 1. The highest BCUT2D eigenvalue weighted by Crippen LogP contribution is 2.47. The maximum Gasteiger partial charge on any atom is 0.205 e. The van der Waals surface area contributed by atoms with E-state index in [2.05, 4.69) is 0 Å². The molecule has 0 spiro atoms. The standard InChI is InChI=1S/C20H14F2N2O3/c21-11-3-4-12(14(22)8-11)18-13(9-23)20(24)27-17-7-10(6-15(25)19(17)18)16-2-1-5-26-16/h1-5,8,10,18H,6-7,24H2/t10-,18+/m0/s1. The fraction of sp³-hybridized carbons (Fsp3) is 0.200. The number of hydrogen-bond acceptors (Lipinski definition) is 5. The Kier molecular flexibility index (Phi) is 4.04. The Bertz CT molecular complexity index is 1030. The molecule has 2 aliphatic rings. The van der Waals surface area contributed by atoms with Gasteiger partial charge in [-0.1, -0.05) is 6.07 Å². The Hall–Kier alpha value is -3.40. The van der Waals surface area contributed by atoms with Crippen molar-refractivity contribution >= 4 is 5.78 Å². The van der Waals surface area contributed by atoms with Crippen LogP contribution >= 0.6 is 0 Å². The van der Waals surface area contributed by atoms with Crippen LogP contribution in [-0.4, -0.2) is 5.78 Å². The summed E-state index contributed by atoms with van der Waals surface area (Å²) < 4.78 is 38.7. The quantitative estimate of drug-likeness (QED) is 0.872. The van der Waals surface area contributed by atoms with Gasteiger partial charge in [-0.15, -0.1) is 0 Å². The van der Waals surface area contributed by atoms with Gasteiger partial charge >= 0.3 is 0 Å².